The van der Waals surface area contributed by atoms with Crippen molar-refractivity contribution in [2.75, 3.05) is 13.1 Å². The van der Waals surface area contributed by atoms with E-state index in [2.05, 4.69) is 21.1 Å². The first kappa shape index (κ1) is 13.0. The van der Waals surface area contributed by atoms with Crippen LogP contribution in [-0.4, -0.2) is 34.8 Å². The zero-order valence-electron chi connectivity index (χ0n) is 9.57. The van der Waals surface area contributed by atoms with Gasteiger partial charge in [0.2, 0.25) is 0 Å². The average Bonchev–Trinajstić information content (AvgIpc) is 2.41. The Bertz CT molecular complexity index is 495. The van der Waals surface area contributed by atoms with Gasteiger partial charge >= 0.3 is 0 Å². The fourth-order valence-corrected chi connectivity index (χ4v) is 2.32. The van der Waals surface area contributed by atoms with Crippen molar-refractivity contribution < 1.29 is 14.4 Å². The Labute approximate surface area is 112 Å². The molecule has 0 unspecified atom stereocenters. The Morgan fingerprint density at radius 1 is 1.39 bits per heavy atom. The molecule has 4 nitrogen and oxygen atoms in total. The van der Waals surface area contributed by atoms with Gasteiger partial charge in [0.15, 0.2) is 0 Å². The van der Waals surface area contributed by atoms with Crippen LogP contribution in [0.3, 0.4) is 0 Å². The highest BCUT2D eigenvalue weighted by Gasteiger charge is 2.23. The van der Waals surface area contributed by atoms with Crippen molar-refractivity contribution >= 4 is 27.5 Å². The second-order valence-electron chi connectivity index (χ2n) is 4.08. The van der Waals surface area contributed by atoms with Crippen LogP contribution in [0.15, 0.2) is 27.8 Å². The third-order valence-electron chi connectivity index (χ3n) is 2.93. The molecule has 1 saturated heterocycles. The Balaban J connectivity index is 2.15. The van der Waals surface area contributed by atoms with Crippen molar-refractivity contribution in [2.24, 2.45) is 5.16 Å². The summed E-state index contributed by atoms with van der Waals surface area (Å²) in [5.74, 6) is -0.644. The molecule has 1 amide bonds. The molecule has 1 N–H and O–H groups in total. The van der Waals surface area contributed by atoms with E-state index in [4.69, 9.17) is 5.21 Å². The van der Waals surface area contributed by atoms with Crippen LogP contribution >= 0.6 is 15.9 Å². The van der Waals surface area contributed by atoms with Crippen LogP contribution in [0.4, 0.5) is 4.39 Å². The second-order valence-corrected chi connectivity index (χ2v) is 4.94. The highest BCUT2D eigenvalue weighted by molar-refractivity contribution is 9.10. The van der Waals surface area contributed by atoms with E-state index in [1.165, 1.54) is 18.2 Å². The minimum atomic E-state index is -0.434. The minimum Gasteiger partial charge on any atom is -0.411 e. The average molecular weight is 315 g/mol. The molecule has 96 valence electrons. The number of halogens is 2. The Morgan fingerprint density at radius 2 is 2.06 bits per heavy atom. The normalized spacial score (nSPS) is 15.7. The number of likely N-dealkylation sites (tertiary alicyclic amines) is 1. The number of amides is 1. The predicted octanol–water partition coefficient (Wildman–Crippen LogP) is 2.65. The lowest BCUT2D eigenvalue weighted by atomic mass is 10.1. The maximum absolute atomic E-state index is 13.1. The number of carbonyl (C=O) groups is 1. The Morgan fingerprint density at radius 3 is 2.67 bits per heavy atom. The van der Waals surface area contributed by atoms with Crippen LogP contribution in [0, 0.1) is 5.82 Å². The molecule has 0 aliphatic carbocycles. The third kappa shape index (κ3) is 2.69. The van der Waals surface area contributed by atoms with Crippen LogP contribution < -0.4 is 0 Å². The summed E-state index contributed by atoms with van der Waals surface area (Å²) < 4.78 is 13.7. The number of oxime groups is 1. The quantitative estimate of drug-likeness (QED) is 0.640. The van der Waals surface area contributed by atoms with Crippen LogP contribution in [-0.2, 0) is 0 Å². The largest absolute Gasteiger partial charge is 0.411 e. The molecule has 1 aromatic rings. The summed E-state index contributed by atoms with van der Waals surface area (Å²) in [5.41, 5.74) is 1.01. The van der Waals surface area contributed by atoms with Gasteiger partial charge in [-0.05, 0) is 34.1 Å². The third-order valence-corrected chi connectivity index (χ3v) is 3.62. The van der Waals surface area contributed by atoms with Crippen molar-refractivity contribution in [3.05, 3.63) is 34.1 Å². The van der Waals surface area contributed by atoms with Gasteiger partial charge in [0.1, 0.15) is 5.82 Å². The lowest BCUT2D eigenvalue weighted by molar-refractivity contribution is 0.0752. The topological polar surface area (TPSA) is 52.9 Å². The van der Waals surface area contributed by atoms with Gasteiger partial charge in [-0.15, -0.1) is 0 Å². The summed E-state index contributed by atoms with van der Waals surface area (Å²) in [5, 5.41) is 11.8. The zero-order valence-corrected chi connectivity index (χ0v) is 11.2. The van der Waals surface area contributed by atoms with Crippen molar-refractivity contribution in [3.8, 4) is 0 Å². The number of hydrogen-bond acceptors (Lipinski definition) is 3. The number of benzene rings is 1. The summed E-state index contributed by atoms with van der Waals surface area (Å²) in [4.78, 5) is 13.8. The SMILES string of the molecule is O=C(c1cc(F)ccc1Br)N1CCC(=NO)CC1. The maximum atomic E-state index is 13.1. The molecule has 2 rings (SSSR count). The molecule has 1 fully saturated rings. The highest BCUT2D eigenvalue weighted by Crippen LogP contribution is 2.21. The molecule has 0 atom stereocenters. The molecule has 6 heteroatoms. The Kier molecular flexibility index (Phi) is 3.96. The second kappa shape index (κ2) is 5.48. The molecule has 1 heterocycles. The molecule has 1 aromatic carbocycles. The summed E-state index contributed by atoms with van der Waals surface area (Å²) in [6.07, 6.45) is 1.10. The van der Waals surface area contributed by atoms with Crippen LogP contribution in [0.5, 0.6) is 0 Å². The molecule has 0 spiro atoms. The lowest BCUT2D eigenvalue weighted by Gasteiger charge is -2.27. The van der Waals surface area contributed by atoms with E-state index >= 15 is 0 Å². The minimum absolute atomic E-state index is 0.210. The first-order valence-corrected chi connectivity index (χ1v) is 6.35. The molecule has 0 aromatic heterocycles. The summed E-state index contributed by atoms with van der Waals surface area (Å²) in [6, 6.07) is 4.04. The fraction of sp³-hybridized carbons (Fsp3) is 0.333. The predicted molar refractivity (Wildman–Crippen MR) is 68.5 cm³/mol. The van der Waals surface area contributed by atoms with Crippen molar-refractivity contribution in [3.63, 3.8) is 0 Å². The van der Waals surface area contributed by atoms with E-state index in [9.17, 15) is 9.18 Å². The van der Waals surface area contributed by atoms with Gasteiger partial charge in [-0.3, -0.25) is 4.79 Å². The van der Waals surface area contributed by atoms with Gasteiger partial charge in [0.25, 0.3) is 5.91 Å². The molecule has 1 aliphatic heterocycles. The maximum Gasteiger partial charge on any atom is 0.255 e. The summed E-state index contributed by atoms with van der Waals surface area (Å²) >= 11 is 3.25. The Hall–Kier alpha value is -1.43. The standard InChI is InChI=1S/C12H12BrFN2O2/c13-11-2-1-8(14)7-10(11)12(17)16-5-3-9(15-18)4-6-16/h1-2,7,18H,3-6H2. The van der Waals surface area contributed by atoms with Gasteiger partial charge in [-0.1, -0.05) is 5.16 Å². The number of hydrogen-bond donors (Lipinski definition) is 1. The van der Waals surface area contributed by atoms with Crippen molar-refractivity contribution in [1.82, 2.24) is 4.90 Å². The number of rotatable bonds is 1. The summed E-state index contributed by atoms with van der Waals surface area (Å²) in [7, 11) is 0. The number of piperidine rings is 1. The first-order chi connectivity index (χ1) is 8.61. The van der Waals surface area contributed by atoms with Crippen LogP contribution in [0.1, 0.15) is 23.2 Å². The molecule has 0 bridgehead atoms. The van der Waals surface area contributed by atoms with Gasteiger partial charge in [0, 0.05) is 30.4 Å². The van der Waals surface area contributed by atoms with E-state index in [-0.39, 0.29) is 5.91 Å². The zero-order chi connectivity index (χ0) is 13.1. The van der Waals surface area contributed by atoms with Gasteiger partial charge < -0.3 is 10.1 Å². The molecular formula is C12H12BrFN2O2. The van der Waals surface area contributed by atoms with E-state index in [0.29, 0.717) is 41.7 Å². The van der Waals surface area contributed by atoms with Crippen molar-refractivity contribution in [2.45, 2.75) is 12.8 Å². The molecule has 1 aliphatic rings. The number of nitrogens with zero attached hydrogens (tertiary/aromatic N) is 2. The van der Waals surface area contributed by atoms with E-state index in [0.717, 1.165) is 0 Å². The first-order valence-electron chi connectivity index (χ1n) is 5.56. The monoisotopic (exact) mass is 314 g/mol. The van der Waals surface area contributed by atoms with E-state index < -0.39 is 5.82 Å². The van der Waals surface area contributed by atoms with Gasteiger partial charge in [0.05, 0.1) is 11.3 Å². The fourth-order valence-electron chi connectivity index (χ4n) is 1.90. The van der Waals surface area contributed by atoms with Crippen LogP contribution in [0.25, 0.3) is 0 Å². The molecular weight excluding hydrogens is 303 g/mol. The lowest BCUT2D eigenvalue weighted by Crippen LogP contribution is -2.38. The highest BCUT2D eigenvalue weighted by atomic mass is 79.9. The molecule has 18 heavy (non-hydrogen) atoms. The van der Waals surface area contributed by atoms with E-state index in [1.54, 1.807) is 4.90 Å². The van der Waals surface area contributed by atoms with Gasteiger partial charge in [-0.2, -0.15) is 0 Å². The van der Waals surface area contributed by atoms with Gasteiger partial charge in [-0.25, -0.2) is 4.39 Å². The summed E-state index contributed by atoms with van der Waals surface area (Å²) in [6.45, 7) is 0.975. The molecule has 0 radical (unpaired) electrons. The van der Waals surface area contributed by atoms with Crippen LogP contribution in [0.2, 0.25) is 0 Å². The molecule has 0 saturated carbocycles. The number of carbonyl (C=O) groups excluding carboxylic acids is 1. The van der Waals surface area contributed by atoms with Crippen molar-refractivity contribution in [1.29, 1.82) is 0 Å². The van der Waals surface area contributed by atoms with E-state index in [1.807, 2.05) is 0 Å². The smallest absolute Gasteiger partial charge is 0.255 e.